The van der Waals surface area contributed by atoms with Gasteiger partial charge < -0.3 is 13.8 Å². The smallest absolute Gasteiger partial charge is 0.258 e. The zero-order valence-electron chi connectivity index (χ0n) is 18.7. The Bertz CT molecular complexity index is 1250. The lowest BCUT2D eigenvalue weighted by Gasteiger charge is -2.34. The van der Waals surface area contributed by atoms with Gasteiger partial charge in [0.25, 0.3) is 5.89 Å². The van der Waals surface area contributed by atoms with Gasteiger partial charge >= 0.3 is 0 Å². The van der Waals surface area contributed by atoms with Crippen molar-refractivity contribution < 1.29 is 13.7 Å². The average Bonchev–Trinajstić information content (AvgIpc) is 3.56. The normalized spacial score (nSPS) is 14.4. The minimum atomic E-state index is 0.186. The third-order valence-corrected chi connectivity index (χ3v) is 6.21. The molecule has 0 radical (unpaired) electrons. The summed E-state index contributed by atoms with van der Waals surface area (Å²) < 4.78 is 10.8. The fourth-order valence-corrected chi connectivity index (χ4v) is 4.34. The van der Waals surface area contributed by atoms with Gasteiger partial charge in [0.15, 0.2) is 0 Å². The van der Waals surface area contributed by atoms with Crippen LogP contribution >= 0.6 is 11.6 Å². The van der Waals surface area contributed by atoms with Crippen LogP contribution in [0.1, 0.15) is 17.7 Å². The van der Waals surface area contributed by atoms with E-state index in [9.17, 15) is 4.79 Å². The Hall–Kier alpha value is -3.42. The molecule has 1 amide bonds. The number of furan rings is 1. The predicted octanol–water partition coefficient (Wildman–Crippen LogP) is 4.93. The number of carbonyl (C=O) groups excluding carboxylic acids is 1. The second-order valence-electron chi connectivity index (χ2n) is 8.37. The van der Waals surface area contributed by atoms with E-state index in [0.717, 1.165) is 49.6 Å². The largest absolute Gasteiger partial charge is 0.469 e. The highest BCUT2D eigenvalue weighted by atomic mass is 35.5. The second-order valence-corrected chi connectivity index (χ2v) is 8.81. The summed E-state index contributed by atoms with van der Waals surface area (Å²) in [5.74, 6) is 2.03. The van der Waals surface area contributed by atoms with E-state index in [2.05, 4.69) is 27.2 Å². The topological polar surface area (TPSA) is 75.6 Å². The van der Waals surface area contributed by atoms with Crippen molar-refractivity contribution in [2.75, 3.05) is 26.2 Å². The van der Waals surface area contributed by atoms with Gasteiger partial charge in [0.05, 0.1) is 6.26 Å². The first-order chi connectivity index (χ1) is 16.6. The van der Waals surface area contributed by atoms with Crippen LogP contribution in [0.3, 0.4) is 0 Å². The Labute approximate surface area is 202 Å². The third kappa shape index (κ3) is 5.38. The van der Waals surface area contributed by atoms with Crippen molar-refractivity contribution in [3.05, 3.63) is 83.3 Å². The van der Waals surface area contributed by atoms with Crippen molar-refractivity contribution in [3.63, 3.8) is 0 Å². The third-order valence-electron chi connectivity index (χ3n) is 5.98. The minimum absolute atomic E-state index is 0.186. The molecule has 34 heavy (non-hydrogen) atoms. The van der Waals surface area contributed by atoms with Gasteiger partial charge in [-0.15, -0.1) is 0 Å². The molecule has 2 aromatic heterocycles. The molecule has 174 valence electrons. The number of halogens is 1. The summed E-state index contributed by atoms with van der Waals surface area (Å²) in [6, 6.07) is 19.3. The molecule has 4 aromatic rings. The summed E-state index contributed by atoms with van der Waals surface area (Å²) in [6.07, 6.45) is 2.77. The Morgan fingerprint density at radius 2 is 1.79 bits per heavy atom. The number of carbonyl (C=O) groups is 1. The van der Waals surface area contributed by atoms with Gasteiger partial charge in [-0.05, 0) is 42.0 Å². The number of amides is 1. The number of hydrogen-bond acceptors (Lipinski definition) is 6. The molecule has 2 aromatic carbocycles. The average molecular weight is 477 g/mol. The summed E-state index contributed by atoms with van der Waals surface area (Å²) >= 11 is 6.07. The van der Waals surface area contributed by atoms with Crippen molar-refractivity contribution in [1.82, 2.24) is 19.9 Å². The van der Waals surface area contributed by atoms with Gasteiger partial charge in [-0.3, -0.25) is 9.69 Å². The summed E-state index contributed by atoms with van der Waals surface area (Å²) in [4.78, 5) is 21.4. The molecule has 0 bridgehead atoms. The fraction of sp³-hybridized carbons (Fsp3) is 0.269. The van der Waals surface area contributed by atoms with Crippen LogP contribution in [0.2, 0.25) is 5.02 Å². The monoisotopic (exact) mass is 476 g/mol. The fourth-order valence-electron chi connectivity index (χ4n) is 4.14. The van der Waals surface area contributed by atoms with Gasteiger partial charge in [0, 0.05) is 61.7 Å². The van der Waals surface area contributed by atoms with Crippen molar-refractivity contribution in [1.29, 1.82) is 0 Å². The van der Waals surface area contributed by atoms with Crippen LogP contribution in [0.25, 0.3) is 22.8 Å². The number of aryl methyl sites for hydroxylation is 1. The molecule has 8 heteroatoms. The van der Waals surface area contributed by atoms with Crippen LogP contribution in [0, 0.1) is 0 Å². The maximum absolute atomic E-state index is 12.5. The van der Waals surface area contributed by atoms with Crippen molar-refractivity contribution in [3.8, 4) is 22.8 Å². The first-order valence-electron chi connectivity index (χ1n) is 11.4. The SMILES string of the molecule is O=C(CCc1ccco1)N1CCN(Cc2cccc(-c3noc(-c4cccc(Cl)c4)n3)c2)CC1. The zero-order chi connectivity index (χ0) is 23.3. The molecule has 0 spiro atoms. The van der Waals surface area contributed by atoms with E-state index in [-0.39, 0.29) is 5.91 Å². The minimum Gasteiger partial charge on any atom is -0.469 e. The second kappa shape index (κ2) is 10.2. The van der Waals surface area contributed by atoms with Crippen LogP contribution in [0.5, 0.6) is 0 Å². The molecule has 3 heterocycles. The Morgan fingerprint density at radius 3 is 2.59 bits per heavy atom. The molecule has 1 aliphatic heterocycles. The highest BCUT2D eigenvalue weighted by Gasteiger charge is 2.21. The van der Waals surface area contributed by atoms with E-state index in [1.165, 1.54) is 5.56 Å². The standard InChI is InChI=1S/C26H25ClN4O3/c27-22-7-2-6-21(17-22)26-28-25(29-34-26)20-5-1-4-19(16-20)18-30-11-13-31(14-12-30)24(32)10-9-23-8-3-15-33-23/h1-8,15-17H,9-14,18H2. The molecule has 0 aliphatic carbocycles. The van der Waals surface area contributed by atoms with Crippen molar-refractivity contribution in [2.24, 2.45) is 0 Å². The zero-order valence-corrected chi connectivity index (χ0v) is 19.4. The number of aromatic nitrogens is 2. The van der Waals surface area contributed by atoms with Gasteiger partial charge in [0.1, 0.15) is 5.76 Å². The van der Waals surface area contributed by atoms with E-state index in [1.54, 1.807) is 12.3 Å². The van der Waals surface area contributed by atoms with E-state index in [4.69, 9.17) is 20.5 Å². The quantitative estimate of drug-likeness (QED) is 0.376. The maximum atomic E-state index is 12.5. The lowest BCUT2D eigenvalue weighted by molar-refractivity contribution is -0.133. The van der Waals surface area contributed by atoms with E-state index in [1.807, 2.05) is 47.4 Å². The summed E-state index contributed by atoms with van der Waals surface area (Å²) in [7, 11) is 0. The lowest BCUT2D eigenvalue weighted by atomic mass is 10.1. The van der Waals surface area contributed by atoms with Gasteiger partial charge in [-0.1, -0.05) is 41.0 Å². The molecule has 1 aliphatic rings. The van der Waals surface area contributed by atoms with Crippen LogP contribution in [-0.4, -0.2) is 52.0 Å². The first kappa shape index (κ1) is 22.4. The first-order valence-corrected chi connectivity index (χ1v) is 11.7. The number of hydrogen-bond donors (Lipinski definition) is 0. The van der Waals surface area contributed by atoms with Gasteiger partial charge in [-0.25, -0.2) is 0 Å². The molecule has 0 N–H and O–H groups in total. The Kier molecular flexibility index (Phi) is 6.74. The van der Waals surface area contributed by atoms with Gasteiger partial charge in [0.2, 0.25) is 11.7 Å². The van der Waals surface area contributed by atoms with E-state index in [0.29, 0.717) is 29.6 Å². The van der Waals surface area contributed by atoms with E-state index >= 15 is 0 Å². The highest BCUT2D eigenvalue weighted by molar-refractivity contribution is 6.30. The number of benzene rings is 2. The van der Waals surface area contributed by atoms with Crippen molar-refractivity contribution in [2.45, 2.75) is 19.4 Å². The maximum Gasteiger partial charge on any atom is 0.258 e. The summed E-state index contributed by atoms with van der Waals surface area (Å²) in [6.45, 7) is 3.98. The molecule has 0 saturated carbocycles. The molecule has 7 nitrogen and oxygen atoms in total. The van der Waals surface area contributed by atoms with Crippen molar-refractivity contribution >= 4 is 17.5 Å². The van der Waals surface area contributed by atoms with Crippen LogP contribution in [0.15, 0.2) is 75.9 Å². The van der Waals surface area contributed by atoms with Gasteiger partial charge in [-0.2, -0.15) is 4.98 Å². The number of rotatable bonds is 7. The van der Waals surface area contributed by atoms with Crippen LogP contribution in [0.4, 0.5) is 0 Å². The Morgan fingerprint density at radius 1 is 0.971 bits per heavy atom. The molecule has 0 atom stereocenters. The predicted molar refractivity (Wildman–Crippen MR) is 129 cm³/mol. The molecule has 5 rings (SSSR count). The molecular weight excluding hydrogens is 452 g/mol. The number of piperazine rings is 1. The Balaban J connectivity index is 1.16. The van der Waals surface area contributed by atoms with Crippen LogP contribution in [-0.2, 0) is 17.8 Å². The summed E-state index contributed by atoms with van der Waals surface area (Å²) in [5.41, 5.74) is 2.87. The molecule has 1 fully saturated rings. The molecular formula is C26H25ClN4O3. The molecule has 1 saturated heterocycles. The molecule has 0 unspecified atom stereocenters. The summed E-state index contributed by atoms with van der Waals surface area (Å²) in [5, 5.41) is 4.78. The van der Waals surface area contributed by atoms with E-state index < -0.39 is 0 Å². The lowest BCUT2D eigenvalue weighted by Crippen LogP contribution is -2.48. The highest BCUT2D eigenvalue weighted by Crippen LogP contribution is 2.25. The number of nitrogens with zero attached hydrogens (tertiary/aromatic N) is 4. The van der Waals surface area contributed by atoms with Crippen LogP contribution < -0.4 is 0 Å².